The third-order valence-electron chi connectivity index (χ3n) is 5.15. The van der Waals surface area contributed by atoms with E-state index in [9.17, 15) is 9.59 Å². The summed E-state index contributed by atoms with van der Waals surface area (Å²) in [6.45, 7) is 8.36. The molecule has 0 spiro atoms. The highest BCUT2D eigenvalue weighted by Crippen LogP contribution is 2.28. The minimum Gasteiger partial charge on any atom is -0.478 e. The molecule has 0 aromatic heterocycles. The Balaban J connectivity index is 0.000000279. The molecule has 2 N–H and O–H groups in total. The summed E-state index contributed by atoms with van der Waals surface area (Å²) in [4.78, 5) is 21.7. The van der Waals surface area contributed by atoms with Crippen molar-refractivity contribution in [3.05, 3.63) is 52.1 Å². The second-order valence-electron chi connectivity index (χ2n) is 7.25. The second kappa shape index (κ2) is 10.1. The highest BCUT2D eigenvalue weighted by molar-refractivity contribution is 5.89. The van der Waals surface area contributed by atoms with E-state index in [-0.39, 0.29) is 0 Å². The number of benzene rings is 1. The van der Waals surface area contributed by atoms with Crippen LogP contribution in [0, 0.1) is 13.8 Å². The Morgan fingerprint density at radius 1 is 1.00 bits per heavy atom. The number of fused-ring (bicyclic) bond motifs is 1. The van der Waals surface area contributed by atoms with Crippen LogP contribution in [0.2, 0.25) is 0 Å². The predicted molar refractivity (Wildman–Crippen MR) is 107 cm³/mol. The van der Waals surface area contributed by atoms with Crippen LogP contribution in [-0.2, 0) is 16.0 Å². The Bertz CT molecular complexity index is 727. The lowest BCUT2D eigenvalue weighted by Crippen LogP contribution is -2.21. The third kappa shape index (κ3) is 7.02. The van der Waals surface area contributed by atoms with Crippen molar-refractivity contribution < 1.29 is 19.8 Å². The van der Waals surface area contributed by atoms with Crippen LogP contribution in [0.25, 0.3) is 6.08 Å². The lowest BCUT2D eigenvalue weighted by atomic mass is 9.88. The van der Waals surface area contributed by atoms with E-state index in [0.717, 1.165) is 0 Å². The van der Waals surface area contributed by atoms with Crippen molar-refractivity contribution in [2.45, 2.75) is 46.0 Å². The van der Waals surface area contributed by atoms with Gasteiger partial charge < -0.3 is 15.1 Å². The first-order valence-electron chi connectivity index (χ1n) is 9.51. The molecule has 0 saturated carbocycles. The maximum atomic E-state index is 9.55. The van der Waals surface area contributed by atoms with Crippen molar-refractivity contribution in [2.24, 2.45) is 0 Å². The molecule has 1 saturated heterocycles. The van der Waals surface area contributed by atoms with Gasteiger partial charge in [0, 0.05) is 18.7 Å². The molecule has 1 fully saturated rings. The lowest BCUT2D eigenvalue weighted by Gasteiger charge is -2.20. The Hall–Kier alpha value is -2.40. The minimum atomic E-state index is -1.26. The molecule has 0 atom stereocenters. The van der Waals surface area contributed by atoms with Crippen molar-refractivity contribution in [3.63, 3.8) is 0 Å². The third-order valence-corrected chi connectivity index (χ3v) is 5.15. The van der Waals surface area contributed by atoms with Gasteiger partial charge in [0.25, 0.3) is 0 Å². The molecule has 2 aliphatic rings. The Morgan fingerprint density at radius 2 is 1.59 bits per heavy atom. The second-order valence-corrected chi connectivity index (χ2v) is 7.25. The molecule has 0 radical (unpaired) electrons. The quantitative estimate of drug-likeness (QED) is 0.769. The van der Waals surface area contributed by atoms with E-state index >= 15 is 0 Å². The van der Waals surface area contributed by atoms with Crippen LogP contribution in [0.4, 0.5) is 0 Å². The molecule has 5 heteroatoms. The van der Waals surface area contributed by atoms with Crippen molar-refractivity contribution >= 4 is 18.0 Å². The number of rotatable bonds is 5. The van der Waals surface area contributed by atoms with E-state index in [1.807, 2.05) is 0 Å². The summed E-state index contributed by atoms with van der Waals surface area (Å²) < 4.78 is 0. The van der Waals surface area contributed by atoms with E-state index in [2.05, 4.69) is 37.0 Å². The lowest BCUT2D eigenvalue weighted by molar-refractivity contribution is -0.134. The van der Waals surface area contributed by atoms with Gasteiger partial charge in [-0.15, -0.1) is 0 Å². The molecule has 1 heterocycles. The average molecular weight is 371 g/mol. The average Bonchev–Trinajstić information content (AvgIpc) is 3.13. The van der Waals surface area contributed by atoms with Crippen LogP contribution < -0.4 is 0 Å². The normalized spacial score (nSPS) is 16.4. The SMILES string of the molecule is Cc1cc2c(cc1C)CCC(CCN1CCCC1)=C2.O=C(O)/C=C/C(=O)O. The van der Waals surface area contributed by atoms with Gasteiger partial charge in [-0.25, -0.2) is 9.59 Å². The molecule has 0 unspecified atom stereocenters. The summed E-state index contributed by atoms with van der Waals surface area (Å²) in [5, 5.41) is 15.6. The van der Waals surface area contributed by atoms with Gasteiger partial charge in [-0.2, -0.15) is 0 Å². The standard InChI is InChI=1S/C18H25N.C4H4O4/c1-14-11-17-6-5-16(13-18(17)12-15(14)2)7-10-19-8-3-4-9-19;5-3(6)1-2-4(7)8/h11-13H,3-10H2,1-2H3;1-2H,(H,5,6)(H,7,8)/b;2-1+. The van der Waals surface area contributed by atoms with Crippen molar-refractivity contribution in [1.82, 2.24) is 4.90 Å². The Kier molecular flexibility index (Phi) is 7.80. The number of aliphatic carboxylic acids is 2. The molecular weight excluding hydrogens is 342 g/mol. The summed E-state index contributed by atoms with van der Waals surface area (Å²) in [6, 6.07) is 4.76. The van der Waals surface area contributed by atoms with E-state index < -0.39 is 11.9 Å². The first-order chi connectivity index (χ1) is 12.8. The van der Waals surface area contributed by atoms with Gasteiger partial charge in [0.2, 0.25) is 0 Å². The molecule has 5 nitrogen and oxygen atoms in total. The number of carbonyl (C=O) groups is 2. The van der Waals surface area contributed by atoms with Crippen molar-refractivity contribution in [3.8, 4) is 0 Å². The van der Waals surface area contributed by atoms with Gasteiger partial charge in [-0.05, 0) is 81.3 Å². The summed E-state index contributed by atoms with van der Waals surface area (Å²) >= 11 is 0. The fraction of sp³-hybridized carbons (Fsp3) is 0.455. The zero-order valence-electron chi connectivity index (χ0n) is 16.2. The Labute approximate surface area is 161 Å². The van der Waals surface area contributed by atoms with E-state index in [1.165, 1.54) is 68.4 Å². The van der Waals surface area contributed by atoms with Gasteiger partial charge in [-0.1, -0.05) is 23.8 Å². The molecular formula is C22H29NO4. The van der Waals surface area contributed by atoms with Gasteiger partial charge in [0.05, 0.1) is 0 Å². The first kappa shape index (κ1) is 20.9. The van der Waals surface area contributed by atoms with E-state index in [4.69, 9.17) is 10.2 Å². The largest absolute Gasteiger partial charge is 0.478 e. The summed E-state index contributed by atoms with van der Waals surface area (Å²) in [6.07, 6.45) is 10.2. The monoisotopic (exact) mass is 371 g/mol. The summed E-state index contributed by atoms with van der Waals surface area (Å²) in [5.74, 6) is -2.51. The smallest absolute Gasteiger partial charge is 0.328 e. The summed E-state index contributed by atoms with van der Waals surface area (Å²) in [5.41, 5.74) is 7.55. The molecule has 3 rings (SSSR count). The molecule has 27 heavy (non-hydrogen) atoms. The first-order valence-corrected chi connectivity index (χ1v) is 9.51. The van der Waals surface area contributed by atoms with Crippen molar-refractivity contribution in [1.29, 1.82) is 0 Å². The Morgan fingerprint density at radius 3 is 2.19 bits per heavy atom. The number of likely N-dealkylation sites (tertiary alicyclic amines) is 1. The molecule has 146 valence electrons. The fourth-order valence-corrected chi connectivity index (χ4v) is 3.48. The van der Waals surface area contributed by atoms with Crippen LogP contribution in [0.1, 0.15) is 47.9 Å². The predicted octanol–water partition coefficient (Wildman–Crippen LogP) is 3.83. The zero-order valence-corrected chi connectivity index (χ0v) is 16.2. The van der Waals surface area contributed by atoms with Gasteiger partial charge in [-0.3, -0.25) is 0 Å². The number of aryl methyl sites for hydroxylation is 3. The number of carboxylic acids is 2. The van der Waals surface area contributed by atoms with Crippen LogP contribution in [-0.4, -0.2) is 46.7 Å². The minimum absolute atomic E-state index is 0.558. The highest BCUT2D eigenvalue weighted by atomic mass is 16.4. The number of hydrogen-bond acceptors (Lipinski definition) is 3. The number of nitrogens with zero attached hydrogens (tertiary/aromatic N) is 1. The van der Waals surface area contributed by atoms with E-state index in [0.29, 0.717) is 12.2 Å². The van der Waals surface area contributed by atoms with E-state index in [1.54, 1.807) is 11.1 Å². The zero-order chi connectivity index (χ0) is 19.8. The molecule has 1 aliphatic carbocycles. The fourth-order valence-electron chi connectivity index (χ4n) is 3.48. The van der Waals surface area contributed by atoms with Crippen LogP contribution in [0.3, 0.4) is 0 Å². The van der Waals surface area contributed by atoms with Gasteiger partial charge in [0.15, 0.2) is 0 Å². The van der Waals surface area contributed by atoms with Crippen LogP contribution in [0.5, 0.6) is 0 Å². The molecule has 1 aromatic carbocycles. The van der Waals surface area contributed by atoms with Crippen LogP contribution >= 0.6 is 0 Å². The van der Waals surface area contributed by atoms with Gasteiger partial charge >= 0.3 is 11.9 Å². The maximum Gasteiger partial charge on any atom is 0.328 e. The maximum absolute atomic E-state index is 9.55. The topological polar surface area (TPSA) is 77.8 Å². The summed E-state index contributed by atoms with van der Waals surface area (Å²) in [7, 11) is 0. The number of hydrogen-bond donors (Lipinski definition) is 2. The van der Waals surface area contributed by atoms with Crippen LogP contribution in [0.15, 0.2) is 29.9 Å². The molecule has 1 aliphatic heterocycles. The molecule has 0 bridgehead atoms. The van der Waals surface area contributed by atoms with Crippen molar-refractivity contribution in [2.75, 3.05) is 19.6 Å². The molecule has 1 aromatic rings. The van der Waals surface area contributed by atoms with Gasteiger partial charge in [0.1, 0.15) is 0 Å². The number of carboxylic acid groups (broad SMARTS) is 2. The molecule has 0 amide bonds. The highest BCUT2D eigenvalue weighted by Gasteiger charge is 2.15.